The fourth-order valence-electron chi connectivity index (χ4n) is 1.21. The first-order chi connectivity index (χ1) is 8.87. The normalized spacial score (nSPS) is 10.7. The highest BCUT2D eigenvalue weighted by Gasteiger charge is 2.24. The quantitative estimate of drug-likeness (QED) is 0.665. The zero-order chi connectivity index (χ0) is 14.3. The molecule has 0 radical (unpaired) electrons. The average Bonchev–Trinajstić information content (AvgIpc) is 2.33. The van der Waals surface area contributed by atoms with E-state index in [0.29, 0.717) is 0 Å². The number of amides is 1. The third-order valence-corrected chi connectivity index (χ3v) is 2.69. The Balaban J connectivity index is 2.23. The Labute approximate surface area is 113 Å². The fourth-order valence-corrected chi connectivity index (χ4v) is 1.78. The first-order valence-electron chi connectivity index (χ1n) is 5.85. The van der Waals surface area contributed by atoms with E-state index in [9.17, 15) is 9.59 Å². The summed E-state index contributed by atoms with van der Waals surface area (Å²) < 4.78 is 10.1. The van der Waals surface area contributed by atoms with Gasteiger partial charge in [-0.2, -0.15) is 0 Å². The van der Waals surface area contributed by atoms with Gasteiger partial charge in [-0.05, 0) is 5.56 Å². The SMILES string of the molecule is C[P+](C)(C)OC(=O)NCC(=O)OCc1ccccc1. The van der Waals surface area contributed by atoms with Gasteiger partial charge in [0, 0.05) is 0 Å². The van der Waals surface area contributed by atoms with Gasteiger partial charge in [0.05, 0.1) is 20.0 Å². The van der Waals surface area contributed by atoms with Gasteiger partial charge < -0.3 is 10.1 Å². The molecule has 0 unspecified atom stereocenters. The Kier molecular flexibility index (Phi) is 5.77. The molecule has 1 rings (SSSR count). The van der Waals surface area contributed by atoms with Gasteiger partial charge >= 0.3 is 12.1 Å². The molecule has 6 heteroatoms. The Morgan fingerprint density at radius 3 is 2.37 bits per heavy atom. The van der Waals surface area contributed by atoms with E-state index >= 15 is 0 Å². The third kappa shape index (κ3) is 7.42. The smallest absolute Gasteiger partial charge is 0.445 e. The zero-order valence-corrected chi connectivity index (χ0v) is 12.3. The van der Waals surface area contributed by atoms with Gasteiger partial charge in [0.25, 0.3) is 0 Å². The highest BCUT2D eigenvalue weighted by molar-refractivity contribution is 7.69. The summed E-state index contributed by atoms with van der Waals surface area (Å²) in [5.41, 5.74) is 0.902. The number of rotatable bonds is 5. The summed E-state index contributed by atoms with van der Waals surface area (Å²) in [5.74, 6) is -0.493. The van der Waals surface area contributed by atoms with Gasteiger partial charge in [0.15, 0.2) is 7.49 Å². The van der Waals surface area contributed by atoms with Crippen LogP contribution in [0, 0.1) is 0 Å². The molecule has 0 heterocycles. The van der Waals surface area contributed by atoms with E-state index in [-0.39, 0.29) is 13.2 Å². The molecule has 19 heavy (non-hydrogen) atoms. The molecule has 0 bridgehead atoms. The van der Waals surface area contributed by atoms with Gasteiger partial charge in [0.2, 0.25) is 0 Å². The van der Waals surface area contributed by atoms with Crippen LogP contribution in [0.3, 0.4) is 0 Å². The summed E-state index contributed by atoms with van der Waals surface area (Å²) >= 11 is 0. The van der Waals surface area contributed by atoms with Crippen LogP contribution in [0.4, 0.5) is 4.79 Å². The number of carbonyl (C=O) groups excluding carboxylic acids is 2. The van der Waals surface area contributed by atoms with Crippen molar-refractivity contribution in [2.75, 3.05) is 26.5 Å². The van der Waals surface area contributed by atoms with Crippen LogP contribution < -0.4 is 5.32 Å². The monoisotopic (exact) mass is 284 g/mol. The summed E-state index contributed by atoms with van der Waals surface area (Å²) in [6, 6.07) is 9.34. The molecule has 1 amide bonds. The molecule has 0 spiro atoms. The van der Waals surface area contributed by atoms with Crippen LogP contribution in [0.25, 0.3) is 0 Å². The number of benzene rings is 1. The number of hydrogen-bond donors (Lipinski definition) is 1. The standard InChI is InChI=1S/C13H18NO4P/c1-19(2,3)18-13(16)14-9-12(15)17-10-11-7-5-4-6-8-11/h4-8H,9-10H2,1-3H3/p+1. The largest absolute Gasteiger partial charge is 0.460 e. The van der Waals surface area contributed by atoms with E-state index in [1.807, 2.05) is 50.3 Å². The van der Waals surface area contributed by atoms with Gasteiger partial charge in [0.1, 0.15) is 13.2 Å². The van der Waals surface area contributed by atoms with Crippen molar-refractivity contribution in [1.29, 1.82) is 0 Å². The van der Waals surface area contributed by atoms with E-state index in [2.05, 4.69) is 5.32 Å². The molecule has 0 fully saturated rings. The van der Waals surface area contributed by atoms with E-state index in [4.69, 9.17) is 9.26 Å². The van der Waals surface area contributed by atoms with Crippen LogP contribution in [0.15, 0.2) is 30.3 Å². The number of nitrogens with one attached hydrogen (secondary N) is 1. The van der Waals surface area contributed by atoms with E-state index in [1.54, 1.807) is 0 Å². The molecule has 0 saturated carbocycles. The topological polar surface area (TPSA) is 64.6 Å². The molecule has 1 aromatic carbocycles. The van der Waals surface area contributed by atoms with Gasteiger partial charge in [-0.3, -0.25) is 9.32 Å². The summed E-state index contributed by atoms with van der Waals surface area (Å²) in [6.45, 7) is 5.59. The number of hydrogen-bond acceptors (Lipinski definition) is 4. The molecule has 1 N–H and O–H groups in total. The zero-order valence-electron chi connectivity index (χ0n) is 11.4. The maximum absolute atomic E-state index is 11.4. The second-order valence-electron chi connectivity index (χ2n) is 4.77. The van der Waals surface area contributed by atoms with Crippen molar-refractivity contribution >= 4 is 19.6 Å². The Bertz CT molecular complexity index is 428. The number of esters is 1. The predicted molar refractivity (Wildman–Crippen MR) is 75.4 cm³/mol. The molecule has 0 aliphatic heterocycles. The average molecular weight is 284 g/mol. The highest BCUT2D eigenvalue weighted by Crippen LogP contribution is 2.47. The van der Waals surface area contributed by atoms with E-state index in [0.717, 1.165) is 5.56 Å². The lowest BCUT2D eigenvalue weighted by Crippen LogP contribution is -2.30. The van der Waals surface area contributed by atoms with Crippen molar-refractivity contribution < 1.29 is 18.8 Å². The van der Waals surface area contributed by atoms with Crippen molar-refractivity contribution in [1.82, 2.24) is 5.32 Å². The third-order valence-electron chi connectivity index (χ3n) is 1.98. The van der Waals surface area contributed by atoms with Crippen molar-refractivity contribution in [3.05, 3.63) is 35.9 Å². The summed E-state index contributed by atoms with van der Waals surface area (Å²) in [7, 11) is -1.66. The van der Waals surface area contributed by atoms with Crippen LogP contribution in [-0.2, 0) is 20.7 Å². The van der Waals surface area contributed by atoms with Crippen molar-refractivity contribution in [2.24, 2.45) is 0 Å². The minimum absolute atomic E-state index is 0.189. The van der Waals surface area contributed by atoms with E-state index < -0.39 is 19.6 Å². The molecule has 0 aromatic heterocycles. The number of ether oxygens (including phenoxy) is 1. The lowest BCUT2D eigenvalue weighted by Gasteiger charge is -2.11. The number of carbonyl (C=O) groups is 2. The second-order valence-corrected chi connectivity index (χ2v) is 8.73. The molecule has 1 aromatic rings. The van der Waals surface area contributed by atoms with Crippen LogP contribution in [0.1, 0.15) is 5.56 Å². The second kappa shape index (κ2) is 7.10. The Hall–Kier alpha value is -1.61. The van der Waals surface area contributed by atoms with Crippen molar-refractivity contribution in [2.45, 2.75) is 6.61 Å². The molecule has 0 aliphatic carbocycles. The lowest BCUT2D eigenvalue weighted by atomic mass is 10.2. The molecule has 0 atom stereocenters. The minimum atomic E-state index is -1.66. The van der Waals surface area contributed by atoms with Gasteiger partial charge in [-0.1, -0.05) is 30.3 Å². The van der Waals surface area contributed by atoms with Gasteiger partial charge in [-0.15, -0.1) is 0 Å². The van der Waals surface area contributed by atoms with Crippen molar-refractivity contribution in [3.8, 4) is 0 Å². The van der Waals surface area contributed by atoms with Gasteiger partial charge in [-0.25, -0.2) is 4.79 Å². The highest BCUT2D eigenvalue weighted by atomic mass is 31.2. The molecule has 104 valence electrons. The maximum Gasteiger partial charge on any atom is 0.445 e. The summed E-state index contributed by atoms with van der Waals surface area (Å²) in [5, 5.41) is 2.37. The molecular formula is C13H19NO4P+. The van der Waals surface area contributed by atoms with E-state index in [1.165, 1.54) is 0 Å². The Morgan fingerprint density at radius 1 is 1.16 bits per heavy atom. The van der Waals surface area contributed by atoms with Crippen LogP contribution in [0.5, 0.6) is 0 Å². The van der Waals surface area contributed by atoms with Crippen LogP contribution in [0.2, 0.25) is 0 Å². The summed E-state index contributed by atoms with van der Waals surface area (Å²) in [6.07, 6.45) is -0.586. The first-order valence-corrected chi connectivity index (χ1v) is 8.90. The van der Waals surface area contributed by atoms with Crippen LogP contribution in [-0.4, -0.2) is 38.6 Å². The molecule has 0 saturated heterocycles. The van der Waals surface area contributed by atoms with Crippen LogP contribution >= 0.6 is 7.49 Å². The lowest BCUT2D eigenvalue weighted by molar-refractivity contribution is -0.143. The summed E-state index contributed by atoms with van der Waals surface area (Å²) in [4.78, 5) is 22.7. The molecule has 0 aliphatic rings. The molecular weight excluding hydrogens is 265 g/mol. The first kappa shape index (κ1) is 15.4. The maximum atomic E-state index is 11.4. The molecule has 5 nitrogen and oxygen atoms in total. The predicted octanol–water partition coefficient (Wildman–Crippen LogP) is 2.28. The fraction of sp³-hybridized carbons (Fsp3) is 0.385. The van der Waals surface area contributed by atoms with Crippen molar-refractivity contribution in [3.63, 3.8) is 0 Å². The minimum Gasteiger partial charge on any atom is -0.460 e. The Morgan fingerprint density at radius 2 is 1.79 bits per heavy atom.